The summed E-state index contributed by atoms with van der Waals surface area (Å²) in [5.74, 6) is -2.05. The van der Waals surface area contributed by atoms with E-state index in [2.05, 4.69) is 5.32 Å². The van der Waals surface area contributed by atoms with E-state index in [1.807, 2.05) is 20.8 Å². The van der Waals surface area contributed by atoms with Gasteiger partial charge in [0.25, 0.3) is 0 Å². The van der Waals surface area contributed by atoms with Gasteiger partial charge >= 0.3 is 5.97 Å². The van der Waals surface area contributed by atoms with Crippen molar-refractivity contribution in [3.63, 3.8) is 0 Å². The van der Waals surface area contributed by atoms with Crippen molar-refractivity contribution in [2.45, 2.75) is 45.4 Å². The highest BCUT2D eigenvalue weighted by atomic mass is 32.2. The Morgan fingerprint density at radius 1 is 1.29 bits per heavy atom. The molecule has 5 nitrogen and oxygen atoms in total. The fourth-order valence-electron chi connectivity index (χ4n) is 1.37. The van der Waals surface area contributed by atoms with Crippen molar-refractivity contribution in [2.75, 3.05) is 5.75 Å². The molecule has 1 amide bonds. The first-order valence-electron chi connectivity index (χ1n) is 5.45. The van der Waals surface area contributed by atoms with Crippen molar-refractivity contribution in [3.05, 3.63) is 0 Å². The summed E-state index contributed by atoms with van der Waals surface area (Å²) in [6.45, 7) is 8.79. The molecule has 0 saturated carbocycles. The van der Waals surface area contributed by atoms with Crippen molar-refractivity contribution in [2.24, 2.45) is 5.92 Å². The molecule has 0 aliphatic rings. The third-order valence-electron chi connectivity index (χ3n) is 1.92. The van der Waals surface area contributed by atoms with Crippen LogP contribution in [-0.4, -0.2) is 37.7 Å². The van der Waals surface area contributed by atoms with E-state index in [0.29, 0.717) is 0 Å². The van der Waals surface area contributed by atoms with Crippen molar-refractivity contribution in [3.8, 4) is 0 Å². The van der Waals surface area contributed by atoms with Crippen LogP contribution in [0.5, 0.6) is 0 Å². The van der Waals surface area contributed by atoms with Crippen LogP contribution in [0.1, 0.15) is 34.6 Å². The molecule has 0 aliphatic carbocycles. The Labute approximate surface area is 104 Å². The zero-order valence-electron chi connectivity index (χ0n) is 10.9. The SMILES string of the molecule is CC(C)C(C(=O)O)S(=O)CC(=O)NC(C)(C)C. The highest BCUT2D eigenvalue weighted by Gasteiger charge is 2.30. The lowest BCUT2D eigenvalue weighted by Crippen LogP contribution is -2.44. The number of carbonyl (C=O) groups excluding carboxylic acids is 1. The molecule has 17 heavy (non-hydrogen) atoms. The molecular weight excluding hydrogens is 242 g/mol. The first-order valence-corrected chi connectivity index (χ1v) is 6.84. The summed E-state index contributed by atoms with van der Waals surface area (Å²) in [6, 6.07) is 0. The summed E-state index contributed by atoms with van der Waals surface area (Å²) in [6.07, 6.45) is 0. The first kappa shape index (κ1) is 16.1. The summed E-state index contributed by atoms with van der Waals surface area (Å²) in [5.41, 5.74) is -0.405. The standard InChI is InChI=1S/C11H21NO4S/c1-7(2)9(10(14)15)17(16)6-8(13)12-11(3,4)5/h7,9H,6H2,1-5H3,(H,12,13)(H,14,15). The quantitative estimate of drug-likeness (QED) is 0.767. The van der Waals surface area contributed by atoms with E-state index in [9.17, 15) is 13.8 Å². The molecule has 0 aromatic rings. The highest BCUT2D eigenvalue weighted by Crippen LogP contribution is 2.10. The Balaban J connectivity index is 4.53. The van der Waals surface area contributed by atoms with Gasteiger partial charge in [0.1, 0.15) is 11.0 Å². The topological polar surface area (TPSA) is 83.5 Å². The highest BCUT2D eigenvalue weighted by molar-refractivity contribution is 7.87. The number of carboxylic acid groups (broad SMARTS) is 1. The fraction of sp³-hybridized carbons (Fsp3) is 0.818. The summed E-state index contributed by atoms with van der Waals surface area (Å²) in [5, 5.41) is 10.6. The minimum Gasteiger partial charge on any atom is -0.480 e. The van der Waals surface area contributed by atoms with Gasteiger partial charge in [-0.05, 0) is 26.7 Å². The van der Waals surface area contributed by atoms with E-state index in [-0.39, 0.29) is 17.6 Å². The maximum atomic E-state index is 11.8. The number of hydrogen-bond donors (Lipinski definition) is 2. The average Bonchev–Trinajstić information content (AvgIpc) is 1.96. The summed E-state index contributed by atoms with van der Waals surface area (Å²) < 4.78 is 11.8. The molecule has 2 atom stereocenters. The second-order valence-electron chi connectivity index (χ2n) is 5.33. The van der Waals surface area contributed by atoms with Gasteiger partial charge in [-0.25, -0.2) is 0 Å². The second-order valence-corrected chi connectivity index (χ2v) is 6.88. The molecule has 2 unspecified atom stereocenters. The molecule has 0 radical (unpaired) electrons. The van der Waals surface area contributed by atoms with E-state index in [1.165, 1.54) is 0 Å². The molecule has 6 heteroatoms. The van der Waals surface area contributed by atoms with E-state index >= 15 is 0 Å². The largest absolute Gasteiger partial charge is 0.480 e. The second kappa shape index (κ2) is 6.14. The molecule has 0 heterocycles. The monoisotopic (exact) mass is 263 g/mol. The van der Waals surface area contributed by atoms with Crippen molar-refractivity contribution >= 4 is 22.7 Å². The van der Waals surface area contributed by atoms with Crippen LogP contribution < -0.4 is 5.32 Å². The summed E-state index contributed by atoms with van der Waals surface area (Å²) in [4.78, 5) is 22.4. The Morgan fingerprint density at radius 2 is 1.76 bits per heavy atom. The summed E-state index contributed by atoms with van der Waals surface area (Å²) in [7, 11) is -1.69. The van der Waals surface area contributed by atoms with Gasteiger partial charge in [0, 0.05) is 16.3 Å². The van der Waals surface area contributed by atoms with Crippen LogP contribution in [0.4, 0.5) is 0 Å². The van der Waals surface area contributed by atoms with Crippen molar-refractivity contribution in [1.29, 1.82) is 0 Å². The van der Waals surface area contributed by atoms with Crippen LogP contribution in [0.15, 0.2) is 0 Å². The molecule has 0 saturated heterocycles. The Bertz CT molecular complexity index is 320. The zero-order chi connectivity index (χ0) is 13.8. The van der Waals surface area contributed by atoms with Gasteiger partial charge in [0.05, 0.1) is 0 Å². The lowest BCUT2D eigenvalue weighted by molar-refractivity contribution is -0.137. The first-order chi connectivity index (χ1) is 7.54. The molecule has 0 rings (SSSR count). The zero-order valence-corrected chi connectivity index (χ0v) is 11.8. The molecule has 100 valence electrons. The minimum absolute atomic E-state index is 0.268. The fourth-order valence-corrected chi connectivity index (χ4v) is 2.72. The minimum atomic E-state index is -1.69. The predicted molar refractivity (Wildman–Crippen MR) is 67.2 cm³/mol. The third kappa shape index (κ3) is 6.41. The van der Waals surface area contributed by atoms with Gasteiger partial charge < -0.3 is 10.4 Å². The van der Waals surface area contributed by atoms with Gasteiger partial charge in [-0.3, -0.25) is 13.8 Å². The van der Waals surface area contributed by atoms with Crippen LogP contribution >= 0.6 is 0 Å². The van der Waals surface area contributed by atoms with E-state index in [1.54, 1.807) is 13.8 Å². The third-order valence-corrected chi connectivity index (χ3v) is 3.78. The number of carbonyl (C=O) groups is 2. The lowest BCUT2D eigenvalue weighted by Gasteiger charge is -2.21. The van der Waals surface area contributed by atoms with Gasteiger partial charge in [0.2, 0.25) is 5.91 Å². The predicted octanol–water partition coefficient (Wildman–Crippen LogP) is 0.759. The van der Waals surface area contributed by atoms with Crippen LogP contribution in [-0.2, 0) is 20.4 Å². The molecular formula is C11H21NO4S. The normalized spacial score (nSPS) is 15.4. The van der Waals surface area contributed by atoms with Crippen LogP contribution in [0.3, 0.4) is 0 Å². The molecule has 0 spiro atoms. The smallest absolute Gasteiger partial charge is 0.319 e. The van der Waals surface area contributed by atoms with Gasteiger partial charge in [0.15, 0.2) is 0 Å². The van der Waals surface area contributed by atoms with Crippen molar-refractivity contribution < 1.29 is 18.9 Å². The van der Waals surface area contributed by atoms with E-state index < -0.39 is 27.6 Å². The number of nitrogens with one attached hydrogen (secondary N) is 1. The number of rotatable bonds is 5. The van der Waals surface area contributed by atoms with Gasteiger partial charge in [-0.1, -0.05) is 13.8 Å². The molecule has 2 N–H and O–H groups in total. The summed E-state index contributed by atoms with van der Waals surface area (Å²) >= 11 is 0. The van der Waals surface area contributed by atoms with E-state index in [4.69, 9.17) is 5.11 Å². The lowest BCUT2D eigenvalue weighted by atomic mass is 10.1. The van der Waals surface area contributed by atoms with Crippen LogP contribution in [0, 0.1) is 5.92 Å². The molecule has 0 fully saturated rings. The van der Waals surface area contributed by atoms with Gasteiger partial charge in [-0.15, -0.1) is 0 Å². The maximum Gasteiger partial charge on any atom is 0.319 e. The van der Waals surface area contributed by atoms with E-state index in [0.717, 1.165) is 0 Å². The Kier molecular flexibility index (Phi) is 5.81. The van der Waals surface area contributed by atoms with Gasteiger partial charge in [-0.2, -0.15) is 0 Å². The number of aliphatic carboxylic acids is 1. The number of carboxylic acids is 1. The maximum absolute atomic E-state index is 11.8. The molecule has 0 bridgehead atoms. The molecule has 0 aliphatic heterocycles. The molecule has 0 aromatic heterocycles. The van der Waals surface area contributed by atoms with Crippen LogP contribution in [0.2, 0.25) is 0 Å². The number of hydrogen-bond acceptors (Lipinski definition) is 3. The molecule has 0 aromatic carbocycles. The number of amides is 1. The average molecular weight is 263 g/mol. The Hall–Kier alpha value is -0.910. The Morgan fingerprint density at radius 3 is 2.06 bits per heavy atom. The van der Waals surface area contributed by atoms with Crippen LogP contribution in [0.25, 0.3) is 0 Å². The van der Waals surface area contributed by atoms with Crippen molar-refractivity contribution in [1.82, 2.24) is 5.32 Å².